The van der Waals surface area contributed by atoms with Crippen molar-refractivity contribution >= 4 is 5.91 Å². The monoisotopic (exact) mass is 295 g/mol. The molecule has 0 radical (unpaired) electrons. The highest BCUT2D eigenvalue weighted by molar-refractivity contribution is 5.76. The van der Waals surface area contributed by atoms with Gasteiger partial charge in [0.2, 0.25) is 5.91 Å². The summed E-state index contributed by atoms with van der Waals surface area (Å²) in [7, 11) is 0. The molecule has 21 heavy (non-hydrogen) atoms. The van der Waals surface area contributed by atoms with E-state index in [-0.39, 0.29) is 6.10 Å². The second-order valence-electron chi connectivity index (χ2n) is 6.98. The highest BCUT2D eigenvalue weighted by Gasteiger charge is 2.38. The normalized spacial score (nSPS) is 29.8. The van der Waals surface area contributed by atoms with Gasteiger partial charge in [-0.2, -0.15) is 0 Å². The Labute approximate surface area is 130 Å². The topological polar surface area (TPSA) is 40.5 Å². The van der Waals surface area contributed by atoms with Gasteiger partial charge in [-0.3, -0.25) is 4.79 Å². The summed E-state index contributed by atoms with van der Waals surface area (Å²) in [5.41, 5.74) is 0. The molecule has 2 rings (SSSR count). The molecule has 1 aliphatic heterocycles. The second-order valence-corrected chi connectivity index (χ2v) is 6.98. The highest BCUT2D eigenvalue weighted by Crippen LogP contribution is 2.35. The molecule has 2 fully saturated rings. The summed E-state index contributed by atoms with van der Waals surface area (Å²) in [4.78, 5) is 14.6. The molecule has 1 saturated heterocycles. The second kappa shape index (κ2) is 8.77. The number of aliphatic hydroxyl groups excluding tert-OH is 1. The van der Waals surface area contributed by atoms with E-state index in [0.29, 0.717) is 24.3 Å². The lowest BCUT2D eigenvalue weighted by Gasteiger charge is -2.37. The van der Waals surface area contributed by atoms with Crippen molar-refractivity contribution in [3.05, 3.63) is 0 Å². The van der Waals surface area contributed by atoms with Gasteiger partial charge in [0.05, 0.1) is 6.10 Å². The molecule has 3 heteroatoms. The number of rotatable bonds is 7. The minimum atomic E-state index is -0.179. The third-order valence-corrected chi connectivity index (χ3v) is 5.39. The zero-order valence-corrected chi connectivity index (χ0v) is 13.7. The average Bonchev–Trinajstić information content (AvgIpc) is 2.96. The number of carbonyl (C=O) groups excluding carboxylic acids is 1. The summed E-state index contributed by atoms with van der Waals surface area (Å²) < 4.78 is 0. The number of aliphatic hydroxyl groups is 1. The molecular formula is C18H33NO2. The fraction of sp³-hybridized carbons (Fsp3) is 0.944. The van der Waals surface area contributed by atoms with E-state index in [0.717, 1.165) is 45.1 Å². The fourth-order valence-electron chi connectivity index (χ4n) is 4.16. The number of carbonyl (C=O) groups is 1. The molecular weight excluding hydrogens is 262 g/mol. The SMILES string of the molecule is CCCCCCCC(=O)N1CCCC1C1CCCCC1O. The van der Waals surface area contributed by atoms with E-state index >= 15 is 0 Å². The first-order valence-corrected chi connectivity index (χ1v) is 9.21. The number of likely N-dealkylation sites (tertiary alicyclic amines) is 1. The molecule has 0 aromatic heterocycles. The lowest BCUT2D eigenvalue weighted by molar-refractivity contribution is -0.134. The van der Waals surface area contributed by atoms with Gasteiger partial charge in [0.15, 0.2) is 0 Å². The summed E-state index contributed by atoms with van der Waals surface area (Å²) in [6.07, 6.45) is 13.2. The molecule has 1 saturated carbocycles. The van der Waals surface area contributed by atoms with Crippen LogP contribution in [0.4, 0.5) is 0 Å². The van der Waals surface area contributed by atoms with Gasteiger partial charge >= 0.3 is 0 Å². The summed E-state index contributed by atoms with van der Waals surface area (Å²) in [6, 6.07) is 0.323. The van der Waals surface area contributed by atoms with Crippen LogP contribution in [0.2, 0.25) is 0 Å². The molecule has 0 bridgehead atoms. The molecule has 1 N–H and O–H groups in total. The molecule has 0 aromatic rings. The van der Waals surface area contributed by atoms with Gasteiger partial charge in [0, 0.05) is 24.9 Å². The molecule has 3 atom stereocenters. The lowest BCUT2D eigenvalue weighted by atomic mass is 9.80. The molecule has 1 aliphatic carbocycles. The van der Waals surface area contributed by atoms with Crippen LogP contribution < -0.4 is 0 Å². The number of unbranched alkanes of at least 4 members (excludes halogenated alkanes) is 4. The predicted molar refractivity (Wildman–Crippen MR) is 86.1 cm³/mol. The largest absolute Gasteiger partial charge is 0.393 e. The van der Waals surface area contributed by atoms with Crippen molar-refractivity contribution in [2.45, 2.75) is 96.1 Å². The quantitative estimate of drug-likeness (QED) is 0.724. The molecule has 3 nitrogen and oxygen atoms in total. The highest BCUT2D eigenvalue weighted by atomic mass is 16.3. The Kier molecular flexibility index (Phi) is 7.01. The molecule has 3 unspecified atom stereocenters. The van der Waals surface area contributed by atoms with Crippen LogP contribution in [0, 0.1) is 5.92 Å². The number of nitrogens with zero attached hydrogens (tertiary/aromatic N) is 1. The first kappa shape index (κ1) is 16.8. The van der Waals surface area contributed by atoms with Crippen LogP contribution in [-0.4, -0.2) is 34.6 Å². The van der Waals surface area contributed by atoms with E-state index in [1.54, 1.807) is 0 Å². The molecule has 0 aromatic carbocycles. The maximum Gasteiger partial charge on any atom is 0.222 e. The van der Waals surface area contributed by atoms with Gasteiger partial charge in [-0.15, -0.1) is 0 Å². The van der Waals surface area contributed by atoms with E-state index in [2.05, 4.69) is 11.8 Å². The minimum Gasteiger partial charge on any atom is -0.393 e. The van der Waals surface area contributed by atoms with Crippen molar-refractivity contribution in [3.8, 4) is 0 Å². The third kappa shape index (κ3) is 4.70. The Bertz CT molecular complexity index is 318. The Morgan fingerprint density at radius 2 is 1.81 bits per heavy atom. The van der Waals surface area contributed by atoms with Gasteiger partial charge in [0.1, 0.15) is 0 Å². The van der Waals surface area contributed by atoms with E-state index in [9.17, 15) is 9.90 Å². The van der Waals surface area contributed by atoms with Crippen LogP contribution in [0.15, 0.2) is 0 Å². The maximum absolute atomic E-state index is 12.5. The first-order valence-electron chi connectivity index (χ1n) is 9.21. The predicted octanol–water partition coefficient (Wildman–Crippen LogP) is 3.89. The lowest BCUT2D eigenvalue weighted by Crippen LogP contribution is -2.45. The number of hydrogen-bond acceptors (Lipinski definition) is 2. The van der Waals surface area contributed by atoms with E-state index < -0.39 is 0 Å². The van der Waals surface area contributed by atoms with Crippen LogP contribution in [0.3, 0.4) is 0 Å². The average molecular weight is 295 g/mol. The Hall–Kier alpha value is -0.570. The van der Waals surface area contributed by atoms with E-state index in [1.807, 2.05) is 0 Å². The minimum absolute atomic E-state index is 0.179. The standard InChI is InChI=1S/C18H33NO2/c1-2-3-4-5-6-13-18(21)19-14-9-11-16(19)15-10-7-8-12-17(15)20/h15-17,20H,2-14H2,1H3. The zero-order chi connectivity index (χ0) is 15.1. The van der Waals surface area contributed by atoms with E-state index in [1.165, 1.54) is 32.1 Å². The third-order valence-electron chi connectivity index (χ3n) is 5.39. The van der Waals surface area contributed by atoms with E-state index in [4.69, 9.17) is 0 Å². The Balaban J connectivity index is 1.79. The molecule has 2 aliphatic rings. The molecule has 122 valence electrons. The van der Waals surface area contributed by atoms with Gasteiger partial charge in [0.25, 0.3) is 0 Å². The Morgan fingerprint density at radius 1 is 1.05 bits per heavy atom. The number of hydrogen-bond donors (Lipinski definition) is 1. The van der Waals surface area contributed by atoms with Gasteiger partial charge in [-0.25, -0.2) is 0 Å². The summed E-state index contributed by atoms with van der Waals surface area (Å²) in [5, 5.41) is 10.3. The smallest absolute Gasteiger partial charge is 0.222 e. The van der Waals surface area contributed by atoms with Gasteiger partial charge in [-0.05, 0) is 32.1 Å². The van der Waals surface area contributed by atoms with Crippen molar-refractivity contribution in [2.75, 3.05) is 6.54 Å². The first-order chi connectivity index (χ1) is 10.2. The molecule has 1 amide bonds. The van der Waals surface area contributed by atoms with Crippen molar-refractivity contribution < 1.29 is 9.90 Å². The van der Waals surface area contributed by atoms with Crippen molar-refractivity contribution in [3.63, 3.8) is 0 Å². The van der Waals surface area contributed by atoms with Crippen LogP contribution in [-0.2, 0) is 4.79 Å². The van der Waals surface area contributed by atoms with Crippen LogP contribution in [0.25, 0.3) is 0 Å². The molecule has 0 spiro atoms. The Morgan fingerprint density at radius 3 is 2.57 bits per heavy atom. The van der Waals surface area contributed by atoms with Crippen LogP contribution in [0.1, 0.15) is 84.0 Å². The van der Waals surface area contributed by atoms with Crippen LogP contribution in [0.5, 0.6) is 0 Å². The zero-order valence-electron chi connectivity index (χ0n) is 13.7. The van der Waals surface area contributed by atoms with Gasteiger partial charge < -0.3 is 10.0 Å². The van der Waals surface area contributed by atoms with Crippen LogP contribution >= 0.6 is 0 Å². The summed E-state index contributed by atoms with van der Waals surface area (Å²) in [5.74, 6) is 0.678. The van der Waals surface area contributed by atoms with Crippen molar-refractivity contribution in [2.24, 2.45) is 5.92 Å². The van der Waals surface area contributed by atoms with Crippen molar-refractivity contribution in [1.29, 1.82) is 0 Å². The fourth-order valence-corrected chi connectivity index (χ4v) is 4.16. The van der Waals surface area contributed by atoms with Gasteiger partial charge in [-0.1, -0.05) is 45.4 Å². The van der Waals surface area contributed by atoms with Crippen molar-refractivity contribution in [1.82, 2.24) is 4.90 Å². The summed E-state index contributed by atoms with van der Waals surface area (Å²) in [6.45, 7) is 3.14. The summed E-state index contributed by atoms with van der Waals surface area (Å²) >= 11 is 0. The maximum atomic E-state index is 12.5. The molecule has 1 heterocycles. The number of amides is 1.